The summed E-state index contributed by atoms with van der Waals surface area (Å²) >= 11 is 0. The summed E-state index contributed by atoms with van der Waals surface area (Å²) in [4.78, 5) is 0. The van der Waals surface area contributed by atoms with E-state index in [1.54, 1.807) is 32.4 Å². The van der Waals surface area contributed by atoms with Gasteiger partial charge < -0.3 is 13.9 Å². The molecule has 4 nitrogen and oxygen atoms in total. The normalized spacial score (nSPS) is 11.0. The predicted octanol–water partition coefficient (Wildman–Crippen LogP) is 3.67. The van der Waals surface area contributed by atoms with E-state index in [2.05, 4.69) is 6.07 Å². The topological polar surface area (TPSA) is 55.4 Å². The van der Waals surface area contributed by atoms with Crippen LogP contribution >= 0.6 is 0 Å². The van der Waals surface area contributed by atoms with Crippen LogP contribution in [0.15, 0.2) is 34.7 Å². The minimum absolute atomic E-state index is 0.463. The monoisotopic (exact) mass is 269 g/mol. The summed E-state index contributed by atoms with van der Waals surface area (Å²) in [5, 5.41) is 9.24. The van der Waals surface area contributed by atoms with Gasteiger partial charge in [-0.1, -0.05) is 6.07 Å². The van der Waals surface area contributed by atoms with Crippen LogP contribution in [0.2, 0.25) is 0 Å². The fourth-order valence-electron chi connectivity index (χ4n) is 1.85. The number of aryl methyl sites for hydroxylation is 1. The Kier molecular flexibility index (Phi) is 4.11. The van der Waals surface area contributed by atoms with Gasteiger partial charge in [0.2, 0.25) is 0 Å². The van der Waals surface area contributed by atoms with E-state index in [9.17, 15) is 5.26 Å². The van der Waals surface area contributed by atoms with Gasteiger partial charge in [0.25, 0.3) is 0 Å². The van der Waals surface area contributed by atoms with Gasteiger partial charge in [-0.25, -0.2) is 0 Å². The van der Waals surface area contributed by atoms with Gasteiger partial charge in [-0.2, -0.15) is 5.26 Å². The first-order chi connectivity index (χ1) is 9.67. The second-order valence-corrected chi connectivity index (χ2v) is 4.19. The quantitative estimate of drug-likeness (QED) is 0.795. The summed E-state index contributed by atoms with van der Waals surface area (Å²) < 4.78 is 15.9. The Balaban J connectivity index is 2.40. The maximum Gasteiger partial charge on any atom is 0.161 e. The van der Waals surface area contributed by atoms with Crippen LogP contribution in [-0.4, -0.2) is 14.2 Å². The van der Waals surface area contributed by atoms with Crippen molar-refractivity contribution in [2.75, 3.05) is 14.2 Å². The van der Waals surface area contributed by atoms with Crippen LogP contribution < -0.4 is 9.47 Å². The predicted molar refractivity (Wildman–Crippen MR) is 76.5 cm³/mol. The largest absolute Gasteiger partial charge is 0.493 e. The SMILES string of the molecule is COc1ccc(C=C(C#N)c2ccc(C)o2)cc1OC. The van der Waals surface area contributed by atoms with Crippen molar-refractivity contribution in [3.05, 3.63) is 47.4 Å². The van der Waals surface area contributed by atoms with Crippen molar-refractivity contribution in [2.24, 2.45) is 0 Å². The van der Waals surface area contributed by atoms with Crippen LogP contribution in [-0.2, 0) is 0 Å². The van der Waals surface area contributed by atoms with E-state index in [1.807, 2.05) is 25.1 Å². The zero-order valence-electron chi connectivity index (χ0n) is 11.6. The van der Waals surface area contributed by atoms with Gasteiger partial charge in [-0.15, -0.1) is 0 Å². The minimum Gasteiger partial charge on any atom is -0.493 e. The molecule has 0 amide bonds. The molecular formula is C16H15NO3. The molecule has 0 saturated heterocycles. The summed E-state index contributed by atoms with van der Waals surface area (Å²) in [5.74, 6) is 2.60. The standard InChI is InChI=1S/C16H15NO3/c1-11-4-6-14(20-11)13(10-17)8-12-5-7-15(18-2)16(9-12)19-3/h4-9H,1-3H3. The molecular weight excluding hydrogens is 254 g/mol. The van der Waals surface area contributed by atoms with E-state index in [0.29, 0.717) is 22.8 Å². The van der Waals surface area contributed by atoms with Gasteiger partial charge >= 0.3 is 0 Å². The zero-order valence-corrected chi connectivity index (χ0v) is 11.6. The number of ether oxygens (including phenoxy) is 2. The van der Waals surface area contributed by atoms with Crippen LogP contribution in [0.25, 0.3) is 11.6 Å². The third-order valence-electron chi connectivity index (χ3n) is 2.84. The van der Waals surface area contributed by atoms with Crippen LogP contribution in [0.4, 0.5) is 0 Å². The average molecular weight is 269 g/mol. The smallest absolute Gasteiger partial charge is 0.161 e. The van der Waals surface area contributed by atoms with E-state index in [1.165, 1.54) is 0 Å². The van der Waals surface area contributed by atoms with Gasteiger partial charge in [0.05, 0.1) is 19.8 Å². The van der Waals surface area contributed by atoms with Crippen molar-refractivity contribution in [3.8, 4) is 17.6 Å². The fourth-order valence-corrected chi connectivity index (χ4v) is 1.85. The highest BCUT2D eigenvalue weighted by Crippen LogP contribution is 2.29. The van der Waals surface area contributed by atoms with Gasteiger partial charge in [0, 0.05) is 0 Å². The van der Waals surface area contributed by atoms with Crippen molar-refractivity contribution < 1.29 is 13.9 Å². The van der Waals surface area contributed by atoms with Crippen LogP contribution in [0.1, 0.15) is 17.1 Å². The first kappa shape index (κ1) is 13.8. The second kappa shape index (κ2) is 5.98. The van der Waals surface area contributed by atoms with Gasteiger partial charge in [0.1, 0.15) is 17.6 Å². The van der Waals surface area contributed by atoms with E-state index in [0.717, 1.165) is 11.3 Å². The highest BCUT2D eigenvalue weighted by Gasteiger charge is 2.08. The van der Waals surface area contributed by atoms with Crippen molar-refractivity contribution in [2.45, 2.75) is 6.92 Å². The summed E-state index contributed by atoms with van der Waals surface area (Å²) in [6, 6.07) is 11.2. The molecule has 20 heavy (non-hydrogen) atoms. The Labute approximate surface area is 117 Å². The van der Waals surface area contributed by atoms with E-state index in [-0.39, 0.29) is 0 Å². The molecule has 0 aliphatic rings. The lowest BCUT2D eigenvalue weighted by Crippen LogP contribution is -1.90. The highest BCUT2D eigenvalue weighted by molar-refractivity contribution is 5.88. The Morgan fingerprint density at radius 2 is 1.90 bits per heavy atom. The Bertz CT molecular complexity index is 677. The third kappa shape index (κ3) is 2.83. The zero-order chi connectivity index (χ0) is 14.5. The number of furan rings is 1. The molecule has 0 saturated carbocycles. The third-order valence-corrected chi connectivity index (χ3v) is 2.84. The molecule has 1 aromatic carbocycles. The number of nitriles is 1. The van der Waals surface area contributed by atoms with E-state index >= 15 is 0 Å². The molecule has 0 fully saturated rings. The van der Waals surface area contributed by atoms with Crippen molar-refractivity contribution in [1.29, 1.82) is 5.26 Å². The van der Waals surface area contributed by atoms with Crippen LogP contribution in [0.3, 0.4) is 0 Å². The first-order valence-corrected chi connectivity index (χ1v) is 6.08. The molecule has 0 N–H and O–H groups in total. The van der Waals surface area contributed by atoms with Crippen molar-refractivity contribution in [3.63, 3.8) is 0 Å². The molecule has 1 heterocycles. The molecule has 0 unspecified atom stereocenters. The molecule has 2 rings (SSSR count). The number of benzene rings is 1. The first-order valence-electron chi connectivity index (χ1n) is 6.08. The molecule has 102 valence electrons. The van der Waals surface area contributed by atoms with Gasteiger partial charge in [-0.3, -0.25) is 0 Å². The molecule has 2 aromatic rings. The maximum absolute atomic E-state index is 9.24. The summed E-state index contributed by atoms with van der Waals surface area (Å²) in [7, 11) is 3.16. The van der Waals surface area contributed by atoms with Crippen LogP contribution in [0.5, 0.6) is 11.5 Å². The molecule has 0 spiro atoms. The molecule has 0 radical (unpaired) electrons. The van der Waals surface area contributed by atoms with Gasteiger partial charge in [-0.05, 0) is 42.8 Å². The second-order valence-electron chi connectivity index (χ2n) is 4.19. The van der Waals surface area contributed by atoms with Crippen LogP contribution in [0, 0.1) is 18.3 Å². The molecule has 1 aromatic heterocycles. The average Bonchev–Trinajstić information content (AvgIpc) is 2.90. The lowest BCUT2D eigenvalue weighted by molar-refractivity contribution is 0.355. The Morgan fingerprint density at radius 1 is 1.15 bits per heavy atom. The lowest BCUT2D eigenvalue weighted by Gasteiger charge is -2.07. The molecule has 0 bridgehead atoms. The molecule has 0 atom stereocenters. The van der Waals surface area contributed by atoms with E-state index in [4.69, 9.17) is 13.9 Å². The molecule has 4 heteroatoms. The van der Waals surface area contributed by atoms with Crippen molar-refractivity contribution in [1.82, 2.24) is 0 Å². The fraction of sp³-hybridized carbons (Fsp3) is 0.188. The Morgan fingerprint density at radius 3 is 2.45 bits per heavy atom. The Hall–Kier alpha value is -2.67. The number of hydrogen-bond donors (Lipinski definition) is 0. The number of methoxy groups -OCH3 is 2. The number of rotatable bonds is 4. The molecule has 0 aliphatic carbocycles. The highest BCUT2D eigenvalue weighted by atomic mass is 16.5. The van der Waals surface area contributed by atoms with Gasteiger partial charge in [0.15, 0.2) is 11.5 Å². The summed E-state index contributed by atoms with van der Waals surface area (Å²) in [5.41, 5.74) is 1.30. The van der Waals surface area contributed by atoms with Crippen molar-refractivity contribution >= 4 is 11.6 Å². The summed E-state index contributed by atoms with van der Waals surface area (Å²) in [6.45, 7) is 1.84. The summed E-state index contributed by atoms with van der Waals surface area (Å²) in [6.07, 6.45) is 1.75. The molecule has 0 aliphatic heterocycles. The maximum atomic E-state index is 9.24. The number of allylic oxidation sites excluding steroid dienone is 1. The number of hydrogen-bond acceptors (Lipinski definition) is 4. The lowest BCUT2D eigenvalue weighted by atomic mass is 10.1. The minimum atomic E-state index is 0.463. The number of nitrogens with zero attached hydrogens (tertiary/aromatic N) is 1. The van der Waals surface area contributed by atoms with E-state index < -0.39 is 0 Å².